The molecule has 0 aromatic heterocycles. The summed E-state index contributed by atoms with van der Waals surface area (Å²) in [4.78, 5) is 23.8. The average molecular weight is 317 g/mol. The molecule has 8 heteroatoms. The standard InChI is InChI=1S/C13H19O7P/c1-3-19-21(17,20-4-2)12(13(15)16)9-18-11-7-5-10(14)6-8-11/h5-8,12,14H,3-4,9H2,1-2H3,(H,15,16)/p-1. The van der Waals surface area contributed by atoms with Crippen LogP contribution in [0, 0.1) is 0 Å². The number of carboxylic acid groups (broad SMARTS) is 1. The van der Waals surface area contributed by atoms with E-state index < -0.39 is 19.6 Å². The van der Waals surface area contributed by atoms with E-state index in [-0.39, 0.29) is 25.6 Å². The van der Waals surface area contributed by atoms with Crippen molar-refractivity contribution in [1.29, 1.82) is 0 Å². The van der Waals surface area contributed by atoms with Crippen molar-refractivity contribution in [2.45, 2.75) is 19.5 Å². The lowest BCUT2D eigenvalue weighted by Gasteiger charge is -2.31. The fraction of sp³-hybridized carbons (Fsp3) is 0.462. The maximum atomic E-state index is 12.5. The van der Waals surface area contributed by atoms with Crippen molar-refractivity contribution >= 4 is 13.9 Å². The minimum Gasteiger partial charge on any atom is -0.872 e. The van der Waals surface area contributed by atoms with Crippen LogP contribution < -0.4 is 14.7 Å². The van der Waals surface area contributed by atoms with Gasteiger partial charge >= 0.3 is 5.97 Å². The molecule has 21 heavy (non-hydrogen) atoms. The Morgan fingerprint density at radius 2 is 1.76 bits per heavy atom. The van der Waals surface area contributed by atoms with Gasteiger partial charge in [-0.25, -0.2) is 13.8 Å². The molecule has 0 radical (unpaired) electrons. The second-order valence-corrected chi connectivity index (χ2v) is 6.23. The van der Waals surface area contributed by atoms with E-state index in [1.165, 1.54) is 24.3 Å². The minimum absolute atomic E-state index is 0.0614. The van der Waals surface area contributed by atoms with E-state index in [0.29, 0.717) is 5.75 Å². The number of aliphatic carboxylic acids is 1. The van der Waals surface area contributed by atoms with Crippen molar-refractivity contribution in [3.63, 3.8) is 0 Å². The highest BCUT2D eigenvalue weighted by Gasteiger charge is 2.46. The van der Waals surface area contributed by atoms with Gasteiger partial charge in [0.2, 0.25) is 5.66 Å². The number of benzene rings is 1. The molecule has 1 aromatic rings. The third-order valence-corrected chi connectivity index (χ3v) is 4.89. The Balaban J connectivity index is 2.80. The topological polar surface area (TPSA) is 111 Å². The Bertz CT molecular complexity index is 442. The molecule has 0 spiro atoms. The summed E-state index contributed by atoms with van der Waals surface area (Å²) in [5.41, 5.74) is -1.44. The largest absolute Gasteiger partial charge is 0.872 e. The van der Waals surface area contributed by atoms with E-state index in [1.807, 2.05) is 0 Å². The van der Waals surface area contributed by atoms with Crippen molar-refractivity contribution in [2.75, 3.05) is 19.8 Å². The van der Waals surface area contributed by atoms with Gasteiger partial charge in [-0.15, -0.1) is 5.75 Å². The van der Waals surface area contributed by atoms with Crippen LogP contribution in [0.25, 0.3) is 0 Å². The molecule has 1 unspecified atom stereocenters. The molecule has 0 aliphatic heterocycles. The van der Waals surface area contributed by atoms with Crippen LogP contribution in [-0.2, 0) is 13.8 Å². The van der Waals surface area contributed by atoms with Crippen molar-refractivity contribution in [3.05, 3.63) is 24.3 Å². The zero-order valence-electron chi connectivity index (χ0n) is 11.9. The number of hydrogen-bond donors (Lipinski definition) is 1. The highest BCUT2D eigenvalue weighted by Crippen LogP contribution is 2.57. The molecule has 0 fully saturated rings. The molecular formula is C13H18O7P-. The van der Waals surface area contributed by atoms with E-state index in [9.17, 15) is 19.9 Å². The van der Waals surface area contributed by atoms with Crippen molar-refractivity contribution in [3.8, 4) is 11.5 Å². The normalized spacial score (nSPS) is 12.9. The molecule has 0 amide bonds. The molecule has 0 bridgehead atoms. The van der Waals surface area contributed by atoms with Crippen molar-refractivity contribution < 1.29 is 33.7 Å². The van der Waals surface area contributed by atoms with E-state index in [2.05, 4.69) is 0 Å². The monoisotopic (exact) mass is 317 g/mol. The third-order valence-electron chi connectivity index (χ3n) is 2.52. The van der Waals surface area contributed by atoms with Gasteiger partial charge in [0.05, 0.1) is 13.2 Å². The van der Waals surface area contributed by atoms with Gasteiger partial charge in [-0.1, -0.05) is 12.1 Å². The number of ether oxygens (including phenoxy) is 1. The summed E-state index contributed by atoms with van der Waals surface area (Å²) in [7, 11) is -3.82. The third kappa shape index (κ3) is 5.13. The molecule has 0 aliphatic rings. The molecule has 1 aromatic carbocycles. The smallest absolute Gasteiger partial charge is 0.353 e. The molecule has 0 heterocycles. The molecule has 1 rings (SSSR count). The Labute approximate surface area is 123 Å². The zero-order valence-corrected chi connectivity index (χ0v) is 12.7. The van der Waals surface area contributed by atoms with Crippen LogP contribution in [0.1, 0.15) is 13.8 Å². The second kappa shape index (κ2) is 8.14. The number of carbonyl (C=O) groups is 1. The minimum atomic E-state index is -3.82. The van der Waals surface area contributed by atoms with Gasteiger partial charge in [0, 0.05) is 0 Å². The molecule has 1 atom stereocenters. The maximum Gasteiger partial charge on any atom is 0.353 e. The van der Waals surface area contributed by atoms with Crippen molar-refractivity contribution in [2.24, 2.45) is 0 Å². The molecular weight excluding hydrogens is 299 g/mol. The van der Waals surface area contributed by atoms with Gasteiger partial charge < -0.3 is 19.8 Å². The van der Waals surface area contributed by atoms with Crippen LogP contribution in [0.2, 0.25) is 0 Å². The molecule has 0 saturated heterocycles. The second-order valence-electron chi connectivity index (χ2n) is 4.01. The van der Waals surface area contributed by atoms with Crippen LogP contribution in [0.4, 0.5) is 0 Å². The maximum absolute atomic E-state index is 12.5. The van der Waals surface area contributed by atoms with Crippen LogP contribution in [0.3, 0.4) is 0 Å². The Morgan fingerprint density at radius 1 is 1.24 bits per heavy atom. The quantitative estimate of drug-likeness (QED) is 0.670. The Kier molecular flexibility index (Phi) is 6.84. The first kappa shape index (κ1) is 17.7. The Hall–Kier alpha value is -1.40. The summed E-state index contributed by atoms with van der Waals surface area (Å²) < 4.78 is 15.3. The lowest BCUT2D eigenvalue weighted by molar-refractivity contribution is -0.268. The summed E-state index contributed by atoms with van der Waals surface area (Å²) in [5, 5.41) is 20.2. The summed E-state index contributed by atoms with van der Waals surface area (Å²) in [5.74, 6) is -1.22. The summed E-state index contributed by atoms with van der Waals surface area (Å²) in [6, 6.07) is 5.40. The fourth-order valence-electron chi connectivity index (χ4n) is 1.59. The summed E-state index contributed by atoms with van der Waals surface area (Å²) >= 11 is 0. The molecule has 7 nitrogen and oxygen atoms in total. The number of rotatable bonds is 9. The van der Waals surface area contributed by atoms with Gasteiger partial charge in [0.15, 0.2) is 0 Å². The van der Waals surface area contributed by atoms with E-state index in [1.54, 1.807) is 13.8 Å². The van der Waals surface area contributed by atoms with Gasteiger partial charge in [-0.3, -0.25) is 0 Å². The zero-order chi connectivity index (χ0) is 15.9. The molecule has 118 valence electrons. The van der Waals surface area contributed by atoms with Crippen LogP contribution in [-0.4, -0.2) is 36.6 Å². The predicted molar refractivity (Wildman–Crippen MR) is 73.0 cm³/mol. The first-order valence-electron chi connectivity index (χ1n) is 6.44. The van der Waals surface area contributed by atoms with E-state index in [4.69, 9.17) is 13.8 Å². The van der Waals surface area contributed by atoms with Crippen LogP contribution >= 0.6 is 7.94 Å². The molecule has 0 aliphatic carbocycles. The summed E-state index contributed by atoms with van der Waals surface area (Å²) in [6.45, 7) is 2.93. The van der Waals surface area contributed by atoms with Gasteiger partial charge in [0.25, 0.3) is 7.94 Å². The van der Waals surface area contributed by atoms with E-state index in [0.717, 1.165) is 0 Å². The predicted octanol–water partition coefficient (Wildman–Crippen LogP) is 0.788. The van der Waals surface area contributed by atoms with Gasteiger partial charge in [-0.2, -0.15) is 0 Å². The lowest BCUT2D eigenvalue weighted by Crippen LogP contribution is -2.38. The average Bonchev–Trinajstić information content (AvgIpc) is 2.41. The highest BCUT2D eigenvalue weighted by molar-refractivity contribution is 7.61. The molecule has 1 N–H and O–H groups in total. The number of hydrogen-bond acceptors (Lipinski definition) is 6. The highest BCUT2D eigenvalue weighted by atomic mass is 31.2. The summed E-state index contributed by atoms with van der Waals surface area (Å²) in [6.07, 6.45) is 0. The molecule has 0 saturated carbocycles. The SMILES string of the molecule is CCO[P+]([O-])(OCC)C(COc1ccc([O-])cc1)C(=O)O. The van der Waals surface area contributed by atoms with Gasteiger partial charge in [0.1, 0.15) is 12.4 Å². The lowest BCUT2D eigenvalue weighted by atomic mass is 10.3. The van der Waals surface area contributed by atoms with E-state index >= 15 is 0 Å². The fourth-order valence-corrected chi connectivity index (χ4v) is 3.27. The van der Waals surface area contributed by atoms with Crippen LogP contribution in [0.15, 0.2) is 24.3 Å². The van der Waals surface area contributed by atoms with Gasteiger partial charge in [-0.05, 0) is 26.0 Å². The first-order chi connectivity index (χ1) is 9.92. The van der Waals surface area contributed by atoms with Crippen molar-refractivity contribution in [1.82, 2.24) is 0 Å². The Morgan fingerprint density at radius 3 is 2.19 bits per heavy atom. The number of carboxylic acids is 1. The first-order valence-corrected chi connectivity index (χ1v) is 8.05. The van der Waals surface area contributed by atoms with Crippen LogP contribution in [0.5, 0.6) is 11.5 Å².